The summed E-state index contributed by atoms with van der Waals surface area (Å²) < 4.78 is 2.29. The number of aromatic nitrogens is 5. The molecule has 10 rings (SSSR count). The molecular weight excluding hydrogens is 691 g/mol. The number of fused-ring (bicyclic) bond motifs is 3. The molecule has 0 radical (unpaired) electrons. The molecule has 0 spiro atoms. The standard InChI is InChI=1S/C49H31N5S/c1-5-14-32(15-6-1)33-24-26-35(27-25-33)43-31-42(34-16-7-2-8-17-34)50-48(51-43)38-28-29-44-41(30-38)39-22-13-23-40(45(39)55-44)49-53-46(36-18-9-3-10-19-36)52-47(54-49)37-20-11-4-12-21-37/h1-31H. The molecule has 5 nitrogen and oxygen atoms in total. The fraction of sp³-hybridized carbons (Fsp3) is 0. The van der Waals surface area contributed by atoms with Gasteiger partial charge >= 0.3 is 0 Å². The molecule has 7 aromatic carbocycles. The average Bonchev–Trinajstić information content (AvgIpc) is 3.66. The second-order valence-electron chi connectivity index (χ2n) is 13.3. The highest BCUT2D eigenvalue weighted by atomic mass is 32.1. The Kier molecular flexibility index (Phi) is 8.28. The van der Waals surface area contributed by atoms with E-state index in [-0.39, 0.29) is 0 Å². The second-order valence-corrected chi connectivity index (χ2v) is 14.4. The first-order valence-corrected chi connectivity index (χ1v) is 19.0. The highest BCUT2D eigenvalue weighted by Gasteiger charge is 2.18. The Morgan fingerprint density at radius 1 is 0.291 bits per heavy atom. The van der Waals surface area contributed by atoms with E-state index in [2.05, 4.69) is 103 Å². The summed E-state index contributed by atoms with van der Waals surface area (Å²) in [6.07, 6.45) is 0. The quantitative estimate of drug-likeness (QED) is 0.164. The topological polar surface area (TPSA) is 64.5 Å². The van der Waals surface area contributed by atoms with Gasteiger partial charge in [-0.1, -0.05) is 158 Å². The predicted octanol–water partition coefficient (Wildman–Crippen LogP) is 12.7. The number of hydrogen-bond acceptors (Lipinski definition) is 6. The summed E-state index contributed by atoms with van der Waals surface area (Å²) in [6.45, 7) is 0. The molecule has 3 aromatic heterocycles. The number of hydrogen-bond donors (Lipinski definition) is 0. The van der Waals surface area contributed by atoms with E-state index in [4.69, 9.17) is 24.9 Å². The molecule has 258 valence electrons. The van der Waals surface area contributed by atoms with Crippen LogP contribution in [0.4, 0.5) is 0 Å². The van der Waals surface area contributed by atoms with Crippen molar-refractivity contribution in [2.24, 2.45) is 0 Å². The Labute approximate surface area is 322 Å². The molecule has 3 heterocycles. The van der Waals surface area contributed by atoms with Gasteiger partial charge in [-0.2, -0.15) is 0 Å². The fourth-order valence-electron chi connectivity index (χ4n) is 6.99. The third-order valence-corrected chi connectivity index (χ3v) is 11.0. The van der Waals surface area contributed by atoms with Crippen molar-refractivity contribution >= 4 is 31.5 Å². The van der Waals surface area contributed by atoms with Crippen molar-refractivity contribution in [1.29, 1.82) is 0 Å². The minimum Gasteiger partial charge on any atom is -0.228 e. The lowest BCUT2D eigenvalue weighted by atomic mass is 10.0. The summed E-state index contributed by atoms with van der Waals surface area (Å²) in [5.74, 6) is 2.61. The second kappa shape index (κ2) is 14.0. The molecule has 0 aliphatic carbocycles. The Morgan fingerprint density at radius 2 is 0.745 bits per heavy atom. The summed E-state index contributed by atoms with van der Waals surface area (Å²) >= 11 is 1.75. The van der Waals surface area contributed by atoms with Gasteiger partial charge in [0.2, 0.25) is 0 Å². The first-order valence-electron chi connectivity index (χ1n) is 18.2. The van der Waals surface area contributed by atoms with E-state index in [9.17, 15) is 0 Å². The fourth-order valence-corrected chi connectivity index (χ4v) is 8.18. The van der Waals surface area contributed by atoms with Gasteiger partial charge in [0, 0.05) is 53.6 Å². The lowest BCUT2D eigenvalue weighted by Gasteiger charge is -2.10. The molecule has 0 saturated heterocycles. The molecule has 0 aliphatic heterocycles. The molecule has 0 saturated carbocycles. The molecule has 0 N–H and O–H groups in total. The molecule has 0 fully saturated rings. The smallest absolute Gasteiger partial charge is 0.165 e. The summed E-state index contributed by atoms with van der Waals surface area (Å²) in [6, 6.07) is 64.6. The van der Waals surface area contributed by atoms with Gasteiger partial charge in [0.25, 0.3) is 0 Å². The molecule has 10 aromatic rings. The van der Waals surface area contributed by atoms with Crippen LogP contribution in [0, 0.1) is 0 Å². The molecular formula is C49H31N5S. The zero-order chi connectivity index (χ0) is 36.6. The Morgan fingerprint density at radius 3 is 1.35 bits per heavy atom. The maximum Gasteiger partial charge on any atom is 0.165 e. The van der Waals surface area contributed by atoms with Crippen LogP contribution in [0.15, 0.2) is 188 Å². The van der Waals surface area contributed by atoms with E-state index in [1.807, 2.05) is 84.9 Å². The van der Waals surface area contributed by atoms with Gasteiger partial charge in [-0.25, -0.2) is 24.9 Å². The van der Waals surface area contributed by atoms with Crippen LogP contribution >= 0.6 is 11.3 Å². The summed E-state index contributed by atoms with van der Waals surface area (Å²) in [4.78, 5) is 25.3. The first kappa shape index (κ1) is 32.5. The van der Waals surface area contributed by atoms with Crippen LogP contribution in [0.1, 0.15) is 0 Å². The van der Waals surface area contributed by atoms with Crippen LogP contribution in [0.3, 0.4) is 0 Å². The van der Waals surface area contributed by atoms with Gasteiger partial charge in [0.15, 0.2) is 23.3 Å². The number of nitrogens with zero attached hydrogens (tertiary/aromatic N) is 5. The third kappa shape index (κ3) is 6.35. The summed E-state index contributed by atoms with van der Waals surface area (Å²) in [5.41, 5.74) is 10.0. The van der Waals surface area contributed by atoms with E-state index in [1.165, 1.54) is 15.8 Å². The zero-order valence-corrected chi connectivity index (χ0v) is 30.4. The summed E-state index contributed by atoms with van der Waals surface area (Å²) in [7, 11) is 0. The number of thiophene rings is 1. The van der Waals surface area contributed by atoms with Crippen molar-refractivity contribution in [1.82, 2.24) is 24.9 Å². The first-order chi connectivity index (χ1) is 27.2. The van der Waals surface area contributed by atoms with Gasteiger partial charge in [0.1, 0.15) is 0 Å². The van der Waals surface area contributed by atoms with Crippen molar-refractivity contribution < 1.29 is 0 Å². The number of rotatable bonds is 7. The van der Waals surface area contributed by atoms with Gasteiger partial charge < -0.3 is 0 Å². The predicted molar refractivity (Wildman–Crippen MR) is 226 cm³/mol. The molecule has 55 heavy (non-hydrogen) atoms. The Hall–Kier alpha value is -7.15. The molecule has 0 atom stereocenters. The van der Waals surface area contributed by atoms with Gasteiger partial charge in [-0.3, -0.25) is 0 Å². The Balaban J connectivity index is 1.10. The lowest BCUT2D eigenvalue weighted by Crippen LogP contribution is -2.00. The van der Waals surface area contributed by atoms with Crippen LogP contribution < -0.4 is 0 Å². The third-order valence-electron chi connectivity index (χ3n) is 9.78. The van der Waals surface area contributed by atoms with Crippen molar-refractivity contribution in [2.75, 3.05) is 0 Å². The maximum absolute atomic E-state index is 5.18. The van der Waals surface area contributed by atoms with E-state index in [0.717, 1.165) is 60.2 Å². The normalized spacial score (nSPS) is 11.3. The van der Waals surface area contributed by atoms with Crippen molar-refractivity contribution in [2.45, 2.75) is 0 Å². The number of benzene rings is 7. The van der Waals surface area contributed by atoms with Gasteiger partial charge in [-0.05, 0) is 41.5 Å². The van der Waals surface area contributed by atoms with Crippen molar-refractivity contribution in [3.63, 3.8) is 0 Å². The van der Waals surface area contributed by atoms with Crippen molar-refractivity contribution in [3.05, 3.63) is 188 Å². The van der Waals surface area contributed by atoms with E-state index in [0.29, 0.717) is 23.3 Å². The highest BCUT2D eigenvalue weighted by Crippen LogP contribution is 2.41. The molecule has 0 amide bonds. The highest BCUT2D eigenvalue weighted by molar-refractivity contribution is 7.26. The van der Waals surface area contributed by atoms with Gasteiger partial charge in [-0.15, -0.1) is 11.3 Å². The van der Waals surface area contributed by atoms with Crippen LogP contribution in [0.5, 0.6) is 0 Å². The zero-order valence-electron chi connectivity index (χ0n) is 29.5. The summed E-state index contributed by atoms with van der Waals surface area (Å²) in [5, 5.41) is 2.28. The minimum atomic E-state index is 0.644. The lowest BCUT2D eigenvalue weighted by molar-refractivity contribution is 1.08. The molecule has 0 aliphatic rings. The monoisotopic (exact) mass is 721 g/mol. The van der Waals surface area contributed by atoms with Crippen LogP contribution in [0.2, 0.25) is 0 Å². The molecule has 6 heteroatoms. The van der Waals surface area contributed by atoms with E-state index >= 15 is 0 Å². The maximum atomic E-state index is 5.18. The van der Waals surface area contributed by atoms with Crippen LogP contribution in [-0.2, 0) is 0 Å². The Bertz CT molecular complexity index is 2890. The van der Waals surface area contributed by atoms with Crippen LogP contribution in [-0.4, -0.2) is 24.9 Å². The van der Waals surface area contributed by atoms with E-state index in [1.54, 1.807) is 11.3 Å². The largest absolute Gasteiger partial charge is 0.228 e. The molecule has 0 unspecified atom stereocenters. The average molecular weight is 722 g/mol. The van der Waals surface area contributed by atoms with Gasteiger partial charge in [0.05, 0.1) is 11.4 Å². The molecule has 0 bridgehead atoms. The van der Waals surface area contributed by atoms with Crippen molar-refractivity contribution in [3.8, 4) is 79.2 Å². The minimum absolute atomic E-state index is 0.644. The SMILES string of the molecule is c1ccc(-c2ccc(-c3cc(-c4ccccc4)nc(-c4ccc5sc6c(-c7nc(-c8ccccc8)nc(-c8ccccc8)n7)cccc6c5c4)n3)cc2)cc1. The van der Waals surface area contributed by atoms with Crippen LogP contribution in [0.25, 0.3) is 99.4 Å². The van der Waals surface area contributed by atoms with E-state index < -0.39 is 0 Å².